The van der Waals surface area contributed by atoms with E-state index in [1.165, 1.54) is 24.2 Å². The number of carbonyl (C=O) groups is 2. The van der Waals surface area contributed by atoms with Gasteiger partial charge in [0.25, 0.3) is 5.91 Å². The fourth-order valence-electron chi connectivity index (χ4n) is 2.90. The number of hydrogen-bond donors (Lipinski definition) is 1. The van der Waals surface area contributed by atoms with Gasteiger partial charge in [0.15, 0.2) is 11.0 Å². The van der Waals surface area contributed by atoms with Gasteiger partial charge in [0.1, 0.15) is 5.75 Å². The van der Waals surface area contributed by atoms with E-state index in [1.807, 2.05) is 42.7 Å². The second-order valence-electron chi connectivity index (χ2n) is 7.06. The number of aryl methyl sites for hydroxylation is 1. The fraction of sp³-hybridized carbons (Fsp3) is 0.261. The molecule has 1 aromatic heterocycles. The summed E-state index contributed by atoms with van der Waals surface area (Å²) in [6.45, 7) is 7.89. The smallest absolute Gasteiger partial charge is 0.308 e. The summed E-state index contributed by atoms with van der Waals surface area (Å²) in [5, 5.41) is 13.4. The Morgan fingerprint density at radius 2 is 1.75 bits per heavy atom. The van der Waals surface area contributed by atoms with Gasteiger partial charge in [-0.3, -0.25) is 9.59 Å². The molecule has 1 heterocycles. The minimum Gasteiger partial charge on any atom is -0.427 e. The predicted molar refractivity (Wildman–Crippen MR) is 125 cm³/mol. The van der Waals surface area contributed by atoms with Crippen molar-refractivity contribution in [3.05, 3.63) is 59.7 Å². The van der Waals surface area contributed by atoms with E-state index < -0.39 is 0 Å². The SMILES string of the molecule is CCn1c(SCC(=O)NN=C(C)c2ccc(OC(C)=O)cc2)nnc1-c1ccc(C)cc1. The van der Waals surface area contributed by atoms with E-state index in [-0.39, 0.29) is 17.6 Å². The number of aromatic nitrogens is 3. The Morgan fingerprint density at radius 3 is 2.38 bits per heavy atom. The molecule has 2 aromatic carbocycles. The molecule has 9 heteroatoms. The molecule has 0 spiro atoms. The lowest BCUT2D eigenvalue weighted by atomic mass is 10.1. The molecule has 166 valence electrons. The van der Waals surface area contributed by atoms with Gasteiger partial charge in [0, 0.05) is 19.0 Å². The van der Waals surface area contributed by atoms with E-state index >= 15 is 0 Å². The zero-order valence-corrected chi connectivity index (χ0v) is 19.3. The van der Waals surface area contributed by atoms with Gasteiger partial charge in [0.2, 0.25) is 0 Å². The maximum Gasteiger partial charge on any atom is 0.308 e. The number of hydrogen-bond acceptors (Lipinski definition) is 7. The van der Waals surface area contributed by atoms with Crippen LogP contribution in [0.15, 0.2) is 58.8 Å². The topological polar surface area (TPSA) is 98.5 Å². The third kappa shape index (κ3) is 6.04. The summed E-state index contributed by atoms with van der Waals surface area (Å²) >= 11 is 1.31. The number of ether oxygens (including phenoxy) is 1. The molecule has 0 radical (unpaired) electrons. The Morgan fingerprint density at radius 1 is 1.06 bits per heavy atom. The highest BCUT2D eigenvalue weighted by molar-refractivity contribution is 7.99. The van der Waals surface area contributed by atoms with Crippen molar-refractivity contribution >= 4 is 29.4 Å². The van der Waals surface area contributed by atoms with Gasteiger partial charge in [-0.25, -0.2) is 5.43 Å². The van der Waals surface area contributed by atoms with Gasteiger partial charge in [-0.05, 0) is 50.6 Å². The number of esters is 1. The Bertz CT molecular complexity index is 1120. The standard InChI is InChI=1S/C23H25N5O3S/c1-5-28-22(19-8-6-15(2)7-9-19)26-27-23(28)32-14-21(30)25-24-16(3)18-10-12-20(13-11-18)31-17(4)29/h6-13H,5,14H2,1-4H3,(H,25,30). The van der Waals surface area contributed by atoms with Gasteiger partial charge < -0.3 is 9.30 Å². The third-order valence-electron chi connectivity index (χ3n) is 4.56. The van der Waals surface area contributed by atoms with Crippen molar-refractivity contribution in [2.75, 3.05) is 5.75 Å². The van der Waals surface area contributed by atoms with Crippen molar-refractivity contribution in [3.8, 4) is 17.1 Å². The quantitative estimate of drug-likeness (QED) is 0.184. The molecule has 0 atom stereocenters. The summed E-state index contributed by atoms with van der Waals surface area (Å²) in [7, 11) is 0. The Hall–Kier alpha value is -3.46. The van der Waals surface area contributed by atoms with Crippen LogP contribution in [0.25, 0.3) is 11.4 Å². The lowest BCUT2D eigenvalue weighted by Gasteiger charge is -2.07. The third-order valence-corrected chi connectivity index (χ3v) is 5.52. The average Bonchev–Trinajstić information content (AvgIpc) is 3.19. The summed E-state index contributed by atoms with van der Waals surface area (Å²) in [5.74, 6) is 0.779. The van der Waals surface area contributed by atoms with Crippen molar-refractivity contribution in [2.45, 2.75) is 39.4 Å². The van der Waals surface area contributed by atoms with Gasteiger partial charge in [-0.1, -0.05) is 41.6 Å². The molecule has 0 aliphatic rings. The predicted octanol–water partition coefficient (Wildman–Crippen LogP) is 3.83. The van der Waals surface area contributed by atoms with Gasteiger partial charge in [-0.15, -0.1) is 10.2 Å². The average molecular weight is 452 g/mol. The lowest BCUT2D eigenvalue weighted by molar-refractivity contribution is -0.131. The minimum absolute atomic E-state index is 0.161. The molecule has 0 bridgehead atoms. The van der Waals surface area contributed by atoms with Crippen molar-refractivity contribution < 1.29 is 14.3 Å². The number of nitrogens with one attached hydrogen (secondary N) is 1. The number of hydrazone groups is 1. The van der Waals surface area contributed by atoms with Crippen LogP contribution in [-0.4, -0.2) is 38.1 Å². The summed E-state index contributed by atoms with van der Waals surface area (Å²) in [4.78, 5) is 23.3. The number of nitrogens with zero attached hydrogens (tertiary/aromatic N) is 4. The molecule has 0 unspecified atom stereocenters. The Balaban J connectivity index is 1.59. The molecule has 0 aliphatic carbocycles. The van der Waals surface area contributed by atoms with E-state index in [4.69, 9.17) is 4.74 Å². The largest absolute Gasteiger partial charge is 0.427 e. The highest BCUT2D eigenvalue weighted by Gasteiger charge is 2.14. The summed E-state index contributed by atoms with van der Waals surface area (Å²) in [6.07, 6.45) is 0. The monoisotopic (exact) mass is 451 g/mol. The number of thioether (sulfide) groups is 1. The molecular weight excluding hydrogens is 426 g/mol. The van der Waals surface area contributed by atoms with E-state index in [2.05, 4.69) is 20.7 Å². The summed E-state index contributed by atoms with van der Waals surface area (Å²) in [5.41, 5.74) is 6.18. The van der Waals surface area contributed by atoms with Crippen LogP contribution in [0.5, 0.6) is 5.75 Å². The zero-order chi connectivity index (χ0) is 23.1. The highest BCUT2D eigenvalue weighted by Crippen LogP contribution is 2.24. The van der Waals surface area contributed by atoms with Crippen molar-refractivity contribution in [1.29, 1.82) is 0 Å². The second kappa shape index (κ2) is 10.7. The van der Waals surface area contributed by atoms with E-state index in [0.29, 0.717) is 23.2 Å². The van der Waals surface area contributed by atoms with Crippen molar-refractivity contribution in [1.82, 2.24) is 20.2 Å². The number of rotatable bonds is 8. The molecule has 1 amide bonds. The second-order valence-corrected chi connectivity index (χ2v) is 8.00. The summed E-state index contributed by atoms with van der Waals surface area (Å²) < 4.78 is 7.00. The first-order valence-electron chi connectivity index (χ1n) is 10.1. The van der Waals surface area contributed by atoms with Crippen LogP contribution in [0.1, 0.15) is 31.9 Å². The maximum atomic E-state index is 12.3. The van der Waals surface area contributed by atoms with Crippen LogP contribution in [0, 0.1) is 6.92 Å². The normalized spacial score (nSPS) is 11.3. The van der Waals surface area contributed by atoms with Crippen molar-refractivity contribution in [2.24, 2.45) is 5.10 Å². The molecular formula is C23H25N5O3S. The number of amides is 1. The van der Waals surface area contributed by atoms with E-state index in [1.54, 1.807) is 31.2 Å². The van der Waals surface area contributed by atoms with E-state index in [9.17, 15) is 9.59 Å². The first-order chi connectivity index (χ1) is 15.4. The van der Waals surface area contributed by atoms with E-state index in [0.717, 1.165) is 17.0 Å². The van der Waals surface area contributed by atoms with Gasteiger partial charge in [0.05, 0.1) is 11.5 Å². The lowest BCUT2D eigenvalue weighted by Crippen LogP contribution is -2.21. The summed E-state index contributed by atoms with van der Waals surface area (Å²) in [6, 6.07) is 15.0. The van der Waals surface area contributed by atoms with Crippen LogP contribution in [-0.2, 0) is 16.1 Å². The number of benzene rings is 2. The highest BCUT2D eigenvalue weighted by atomic mass is 32.2. The molecule has 1 N–H and O–H groups in total. The molecule has 0 aliphatic heterocycles. The van der Waals surface area contributed by atoms with Crippen LogP contribution >= 0.6 is 11.8 Å². The molecule has 0 saturated carbocycles. The minimum atomic E-state index is -0.377. The molecule has 8 nitrogen and oxygen atoms in total. The van der Waals surface area contributed by atoms with Crippen molar-refractivity contribution in [3.63, 3.8) is 0 Å². The van der Waals surface area contributed by atoms with Gasteiger partial charge in [-0.2, -0.15) is 5.10 Å². The fourth-order valence-corrected chi connectivity index (χ4v) is 3.69. The molecule has 32 heavy (non-hydrogen) atoms. The molecule has 0 saturated heterocycles. The maximum absolute atomic E-state index is 12.3. The Labute approximate surface area is 191 Å². The first kappa shape index (κ1) is 23.2. The first-order valence-corrected chi connectivity index (χ1v) is 11.1. The molecule has 3 rings (SSSR count). The van der Waals surface area contributed by atoms with Crippen LogP contribution < -0.4 is 10.2 Å². The Kier molecular flexibility index (Phi) is 7.77. The van der Waals surface area contributed by atoms with Gasteiger partial charge >= 0.3 is 5.97 Å². The number of carbonyl (C=O) groups excluding carboxylic acids is 2. The molecule has 0 fully saturated rings. The molecule has 3 aromatic rings. The van der Waals surface area contributed by atoms with Crippen LogP contribution in [0.3, 0.4) is 0 Å². The van der Waals surface area contributed by atoms with Crippen LogP contribution in [0.2, 0.25) is 0 Å². The zero-order valence-electron chi connectivity index (χ0n) is 18.5. The van der Waals surface area contributed by atoms with Crippen LogP contribution in [0.4, 0.5) is 0 Å².